The van der Waals surface area contributed by atoms with Crippen LogP contribution in [0.5, 0.6) is 0 Å². The molecule has 1 saturated heterocycles. The summed E-state index contributed by atoms with van der Waals surface area (Å²) in [5, 5.41) is 0. The quantitative estimate of drug-likeness (QED) is 0.277. The summed E-state index contributed by atoms with van der Waals surface area (Å²) in [6.45, 7) is 5.75. The molecule has 0 unspecified atom stereocenters. The molecule has 1 aliphatic heterocycles. The van der Waals surface area contributed by atoms with Gasteiger partial charge in [-0.3, -0.25) is 0 Å². The van der Waals surface area contributed by atoms with Gasteiger partial charge in [0.2, 0.25) is 0 Å². The Bertz CT molecular complexity index is 1030. The predicted molar refractivity (Wildman–Crippen MR) is 142 cm³/mol. The van der Waals surface area contributed by atoms with Gasteiger partial charge in [0.05, 0.1) is 33.0 Å². The highest BCUT2D eigenvalue weighted by molar-refractivity contribution is 5.15. The van der Waals surface area contributed by atoms with Crippen molar-refractivity contribution in [1.82, 2.24) is 0 Å². The third-order valence-electron chi connectivity index (χ3n) is 6.19. The van der Waals surface area contributed by atoms with E-state index in [4.69, 9.17) is 28.4 Å². The molecule has 4 rings (SSSR count). The molecule has 37 heavy (non-hydrogen) atoms. The van der Waals surface area contributed by atoms with Crippen molar-refractivity contribution in [3.8, 4) is 0 Å². The minimum atomic E-state index is -0.652. The molecule has 0 spiro atoms. The van der Waals surface area contributed by atoms with Gasteiger partial charge in [0.15, 0.2) is 6.29 Å². The summed E-state index contributed by atoms with van der Waals surface area (Å²) in [6, 6.07) is 30.1. The van der Waals surface area contributed by atoms with Crippen LogP contribution < -0.4 is 0 Å². The number of rotatable bonds is 14. The Morgan fingerprint density at radius 2 is 1.19 bits per heavy atom. The van der Waals surface area contributed by atoms with E-state index in [2.05, 4.69) is 6.58 Å². The minimum Gasteiger partial charge on any atom is -0.374 e. The zero-order valence-electron chi connectivity index (χ0n) is 21.3. The van der Waals surface area contributed by atoms with Crippen molar-refractivity contribution < 1.29 is 28.4 Å². The summed E-state index contributed by atoms with van der Waals surface area (Å²) in [6.07, 6.45) is -0.793. The van der Waals surface area contributed by atoms with Gasteiger partial charge >= 0.3 is 0 Å². The third kappa shape index (κ3) is 8.07. The lowest BCUT2D eigenvalue weighted by Crippen LogP contribution is -2.61. The Hall–Kier alpha value is -2.84. The monoisotopic (exact) mass is 504 g/mol. The van der Waals surface area contributed by atoms with Gasteiger partial charge in [-0.15, -0.1) is 6.58 Å². The van der Waals surface area contributed by atoms with Crippen molar-refractivity contribution >= 4 is 0 Å². The van der Waals surface area contributed by atoms with Gasteiger partial charge in [-0.25, -0.2) is 0 Å². The summed E-state index contributed by atoms with van der Waals surface area (Å²) < 4.78 is 37.3. The molecule has 196 valence electrons. The van der Waals surface area contributed by atoms with E-state index >= 15 is 0 Å². The van der Waals surface area contributed by atoms with E-state index in [1.54, 1.807) is 13.2 Å². The minimum absolute atomic E-state index is 0.313. The lowest BCUT2D eigenvalue weighted by Gasteiger charge is -2.45. The molecule has 1 fully saturated rings. The fraction of sp³-hybridized carbons (Fsp3) is 0.355. The number of hydrogen-bond acceptors (Lipinski definition) is 6. The molecular formula is C31H36O6. The van der Waals surface area contributed by atoms with E-state index in [-0.39, 0.29) is 0 Å². The maximum absolute atomic E-state index is 6.47. The molecule has 0 aliphatic carbocycles. The second-order valence-electron chi connectivity index (χ2n) is 8.89. The topological polar surface area (TPSA) is 55.4 Å². The van der Waals surface area contributed by atoms with Crippen LogP contribution in [0.4, 0.5) is 0 Å². The fourth-order valence-electron chi connectivity index (χ4n) is 4.35. The van der Waals surface area contributed by atoms with Crippen LogP contribution in [-0.2, 0) is 48.2 Å². The molecule has 0 N–H and O–H groups in total. The van der Waals surface area contributed by atoms with Gasteiger partial charge < -0.3 is 28.4 Å². The Kier molecular flexibility index (Phi) is 10.9. The molecule has 0 aromatic heterocycles. The average Bonchev–Trinajstić information content (AvgIpc) is 2.96. The molecule has 0 bridgehead atoms. The van der Waals surface area contributed by atoms with Crippen molar-refractivity contribution in [3.05, 3.63) is 120 Å². The zero-order valence-corrected chi connectivity index (χ0v) is 21.3. The molecular weight excluding hydrogens is 468 g/mol. The first-order chi connectivity index (χ1) is 18.3. The van der Waals surface area contributed by atoms with Crippen LogP contribution in [0.15, 0.2) is 104 Å². The highest BCUT2D eigenvalue weighted by Crippen LogP contribution is 2.30. The maximum atomic E-state index is 6.47. The number of methoxy groups -OCH3 is 1. The molecule has 6 nitrogen and oxygen atoms in total. The molecule has 1 aliphatic rings. The lowest BCUT2D eigenvalue weighted by atomic mass is 9.98. The molecule has 0 radical (unpaired) electrons. The van der Waals surface area contributed by atoms with Gasteiger partial charge in [0.1, 0.15) is 24.4 Å². The number of hydrogen-bond donors (Lipinski definition) is 0. The SMILES string of the molecule is C=CCO[C@@H]1[C@H](OCc2ccccc2)[C@@H](OC)O[C@H](COCc2ccccc2)[C@H]1OCc1ccccc1. The van der Waals surface area contributed by atoms with Crippen LogP contribution >= 0.6 is 0 Å². The van der Waals surface area contributed by atoms with Crippen LogP contribution in [-0.4, -0.2) is 51.0 Å². The standard InChI is InChI=1S/C31H36O6/c1-3-19-34-29-28(35-21-25-15-9-5-10-16-25)27(23-33-20-24-13-7-4-8-14-24)37-31(32-2)30(29)36-22-26-17-11-6-12-18-26/h3-18,27-31H,1,19-23H2,2H3/t27-,28-,29+,30+,31+/m1/s1. The Labute approximate surface area is 219 Å². The van der Waals surface area contributed by atoms with Crippen molar-refractivity contribution in [1.29, 1.82) is 0 Å². The molecule has 6 heteroatoms. The predicted octanol–water partition coefficient (Wildman–Crippen LogP) is 5.32. The van der Waals surface area contributed by atoms with Gasteiger partial charge in [-0.2, -0.15) is 0 Å². The molecule has 3 aromatic rings. The highest BCUT2D eigenvalue weighted by Gasteiger charge is 2.48. The Balaban J connectivity index is 1.52. The molecule has 1 heterocycles. The average molecular weight is 505 g/mol. The van der Waals surface area contributed by atoms with Crippen LogP contribution in [0.2, 0.25) is 0 Å². The normalized spacial score (nSPS) is 23.5. The van der Waals surface area contributed by atoms with Crippen LogP contribution in [0.1, 0.15) is 16.7 Å². The highest BCUT2D eigenvalue weighted by atomic mass is 16.7. The number of ether oxygens (including phenoxy) is 6. The first-order valence-electron chi connectivity index (χ1n) is 12.6. The summed E-state index contributed by atoms with van der Waals surface area (Å²) in [4.78, 5) is 0. The third-order valence-corrected chi connectivity index (χ3v) is 6.19. The lowest BCUT2D eigenvalue weighted by molar-refractivity contribution is -0.320. The fourth-order valence-corrected chi connectivity index (χ4v) is 4.35. The first kappa shape index (κ1) is 27.2. The summed E-state index contributed by atoms with van der Waals surface area (Å²) in [7, 11) is 1.61. The molecule has 5 atom stereocenters. The van der Waals surface area contributed by atoms with Gasteiger partial charge in [-0.05, 0) is 16.7 Å². The van der Waals surface area contributed by atoms with Crippen LogP contribution in [0.3, 0.4) is 0 Å². The second kappa shape index (κ2) is 14.8. The van der Waals surface area contributed by atoms with Gasteiger partial charge in [-0.1, -0.05) is 97.1 Å². The zero-order chi connectivity index (χ0) is 25.7. The maximum Gasteiger partial charge on any atom is 0.186 e. The molecule has 0 saturated carbocycles. The summed E-state index contributed by atoms with van der Waals surface area (Å²) in [5.74, 6) is 0. The first-order valence-corrected chi connectivity index (χ1v) is 12.6. The van der Waals surface area contributed by atoms with E-state index in [9.17, 15) is 0 Å². The van der Waals surface area contributed by atoms with Crippen LogP contribution in [0.25, 0.3) is 0 Å². The van der Waals surface area contributed by atoms with Gasteiger partial charge in [0.25, 0.3) is 0 Å². The second-order valence-corrected chi connectivity index (χ2v) is 8.89. The van der Waals surface area contributed by atoms with E-state index in [1.807, 2.05) is 91.0 Å². The van der Waals surface area contributed by atoms with Crippen molar-refractivity contribution in [3.63, 3.8) is 0 Å². The Morgan fingerprint density at radius 1 is 0.676 bits per heavy atom. The van der Waals surface area contributed by atoms with Crippen molar-refractivity contribution in [2.75, 3.05) is 20.3 Å². The van der Waals surface area contributed by atoms with Gasteiger partial charge in [0, 0.05) is 7.11 Å². The Morgan fingerprint density at radius 3 is 1.70 bits per heavy atom. The largest absolute Gasteiger partial charge is 0.374 e. The van der Waals surface area contributed by atoms with Crippen molar-refractivity contribution in [2.45, 2.75) is 50.5 Å². The number of benzene rings is 3. The van der Waals surface area contributed by atoms with Crippen LogP contribution in [0, 0.1) is 0 Å². The van der Waals surface area contributed by atoms with E-state index in [0.29, 0.717) is 33.0 Å². The smallest absolute Gasteiger partial charge is 0.186 e. The molecule has 0 amide bonds. The molecule has 3 aromatic carbocycles. The van der Waals surface area contributed by atoms with E-state index < -0.39 is 30.7 Å². The summed E-state index contributed by atoms with van der Waals surface area (Å²) in [5.41, 5.74) is 3.20. The van der Waals surface area contributed by atoms with Crippen molar-refractivity contribution in [2.24, 2.45) is 0 Å². The van der Waals surface area contributed by atoms with E-state index in [1.165, 1.54) is 0 Å². The van der Waals surface area contributed by atoms with E-state index in [0.717, 1.165) is 16.7 Å². The summed E-state index contributed by atoms with van der Waals surface area (Å²) >= 11 is 0.